The number of nitrogen functional groups attached to an aromatic ring is 1. The molecular formula is C16H12N4O. The summed E-state index contributed by atoms with van der Waals surface area (Å²) in [4.78, 5) is 2.94. The number of aromatic nitrogens is 1. The first-order chi connectivity index (χ1) is 10.2. The number of aromatic hydroxyl groups is 1. The minimum Gasteiger partial charge on any atom is -0.494 e. The molecule has 4 N–H and O–H groups in total. The van der Waals surface area contributed by atoms with Gasteiger partial charge in [-0.15, -0.1) is 0 Å². The third kappa shape index (κ3) is 1.87. The SMILES string of the molecule is Nc1ccc2c(/C=c3\ccc4c(c3)N=NC=4)c(O)[nH]c2c1. The molecular weight excluding hydrogens is 264 g/mol. The summed E-state index contributed by atoms with van der Waals surface area (Å²) in [6.45, 7) is 0. The van der Waals surface area contributed by atoms with Gasteiger partial charge in [-0.1, -0.05) is 18.2 Å². The van der Waals surface area contributed by atoms with Gasteiger partial charge in [-0.2, -0.15) is 10.2 Å². The van der Waals surface area contributed by atoms with Crippen molar-refractivity contribution in [3.05, 3.63) is 52.4 Å². The summed E-state index contributed by atoms with van der Waals surface area (Å²) in [5, 5.41) is 20.9. The number of azo groups is 1. The number of nitrogens with one attached hydrogen (secondary N) is 1. The zero-order chi connectivity index (χ0) is 14.4. The maximum Gasteiger partial charge on any atom is 0.196 e. The number of benzene rings is 2. The van der Waals surface area contributed by atoms with E-state index in [9.17, 15) is 5.11 Å². The number of hydrogen-bond acceptors (Lipinski definition) is 4. The van der Waals surface area contributed by atoms with Gasteiger partial charge in [0.05, 0.1) is 17.4 Å². The molecule has 0 amide bonds. The highest BCUT2D eigenvalue weighted by molar-refractivity contribution is 5.93. The predicted molar refractivity (Wildman–Crippen MR) is 82.6 cm³/mol. The van der Waals surface area contributed by atoms with Crippen molar-refractivity contribution in [3.8, 4) is 5.88 Å². The van der Waals surface area contributed by atoms with E-state index in [4.69, 9.17) is 5.73 Å². The molecule has 0 aliphatic carbocycles. The van der Waals surface area contributed by atoms with E-state index < -0.39 is 0 Å². The Balaban J connectivity index is 1.95. The van der Waals surface area contributed by atoms with Crippen LogP contribution in [0.4, 0.5) is 11.4 Å². The molecule has 0 saturated heterocycles. The van der Waals surface area contributed by atoms with Crippen molar-refractivity contribution in [3.63, 3.8) is 0 Å². The van der Waals surface area contributed by atoms with Gasteiger partial charge in [0, 0.05) is 21.9 Å². The maximum atomic E-state index is 10.1. The van der Waals surface area contributed by atoms with Crippen LogP contribution in [0.25, 0.3) is 23.2 Å². The highest BCUT2D eigenvalue weighted by Gasteiger charge is 2.08. The van der Waals surface area contributed by atoms with Crippen molar-refractivity contribution in [1.82, 2.24) is 4.98 Å². The van der Waals surface area contributed by atoms with Crippen LogP contribution in [0.1, 0.15) is 5.56 Å². The first-order valence-electron chi connectivity index (χ1n) is 6.54. The molecule has 0 atom stereocenters. The third-order valence-electron chi connectivity index (χ3n) is 3.57. The monoisotopic (exact) mass is 276 g/mol. The molecule has 0 bridgehead atoms. The van der Waals surface area contributed by atoms with Crippen LogP contribution in [0.15, 0.2) is 46.6 Å². The largest absolute Gasteiger partial charge is 0.494 e. The molecule has 1 aliphatic rings. The lowest BCUT2D eigenvalue weighted by atomic mass is 10.1. The molecule has 5 heteroatoms. The van der Waals surface area contributed by atoms with Gasteiger partial charge in [0.2, 0.25) is 0 Å². The summed E-state index contributed by atoms with van der Waals surface area (Å²) < 4.78 is 0. The molecule has 21 heavy (non-hydrogen) atoms. The molecule has 0 unspecified atom stereocenters. The van der Waals surface area contributed by atoms with E-state index in [0.29, 0.717) is 5.69 Å². The molecule has 1 aromatic heterocycles. The van der Waals surface area contributed by atoms with Crippen LogP contribution in [0.5, 0.6) is 5.88 Å². The fourth-order valence-electron chi connectivity index (χ4n) is 2.53. The fourth-order valence-corrected chi connectivity index (χ4v) is 2.53. The smallest absolute Gasteiger partial charge is 0.196 e. The van der Waals surface area contributed by atoms with E-state index in [1.165, 1.54) is 0 Å². The van der Waals surface area contributed by atoms with Crippen molar-refractivity contribution in [2.75, 3.05) is 5.73 Å². The van der Waals surface area contributed by atoms with Crippen molar-refractivity contribution in [1.29, 1.82) is 0 Å². The van der Waals surface area contributed by atoms with E-state index in [-0.39, 0.29) is 5.88 Å². The minimum absolute atomic E-state index is 0.129. The summed E-state index contributed by atoms with van der Waals surface area (Å²) in [6.07, 6.45) is 3.64. The Morgan fingerprint density at radius 3 is 2.95 bits per heavy atom. The second kappa shape index (κ2) is 4.21. The second-order valence-electron chi connectivity index (χ2n) is 5.00. The Bertz CT molecular complexity index is 1010. The molecule has 0 fully saturated rings. The molecule has 102 valence electrons. The van der Waals surface area contributed by atoms with Gasteiger partial charge in [0.1, 0.15) is 0 Å². The van der Waals surface area contributed by atoms with Crippen LogP contribution in [0.3, 0.4) is 0 Å². The van der Waals surface area contributed by atoms with E-state index in [1.54, 1.807) is 12.3 Å². The molecule has 2 aromatic carbocycles. The average molecular weight is 276 g/mol. The van der Waals surface area contributed by atoms with Crippen molar-refractivity contribution < 1.29 is 5.11 Å². The standard InChI is InChI=1S/C16H12N4O/c17-11-3-4-12-13(16(21)19-15(12)7-11)5-9-1-2-10-8-18-20-14(10)6-9/h1-8,19,21H,17H2/b9-5+. The second-order valence-corrected chi connectivity index (χ2v) is 5.00. The van der Waals surface area contributed by atoms with Gasteiger partial charge in [-0.25, -0.2) is 0 Å². The topological polar surface area (TPSA) is 86.8 Å². The van der Waals surface area contributed by atoms with Crippen LogP contribution in [0, 0.1) is 0 Å². The van der Waals surface area contributed by atoms with Gasteiger partial charge in [0.15, 0.2) is 5.88 Å². The van der Waals surface area contributed by atoms with Gasteiger partial charge in [0.25, 0.3) is 0 Å². The van der Waals surface area contributed by atoms with Crippen LogP contribution in [-0.4, -0.2) is 10.1 Å². The summed E-state index contributed by atoms with van der Waals surface area (Å²) in [7, 11) is 0. The zero-order valence-corrected chi connectivity index (χ0v) is 11.0. The molecule has 0 radical (unpaired) electrons. The molecule has 0 spiro atoms. The Hall–Kier alpha value is -3.08. The van der Waals surface area contributed by atoms with Gasteiger partial charge >= 0.3 is 0 Å². The molecule has 1 aliphatic heterocycles. The lowest BCUT2D eigenvalue weighted by Crippen LogP contribution is -2.06. The van der Waals surface area contributed by atoms with E-state index in [2.05, 4.69) is 15.2 Å². The van der Waals surface area contributed by atoms with Gasteiger partial charge in [-0.05, 0) is 29.5 Å². The molecule has 2 heterocycles. The highest BCUT2D eigenvalue weighted by Crippen LogP contribution is 2.29. The van der Waals surface area contributed by atoms with E-state index >= 15 is 0 Å². The number of hydrogen-bond donors (Lipinski definition) is 3. The average Bonchev–Trinajstić information content (AvgIpc) is 3.03. The van der Waals surface area contributed by atoms with E-state index in [0.717, 1.165) is 32.6 Å². The summed E-state index contributed by atoms with van der Waals surface area (Å²) in [6, 6.07) is 11.4. The summed E-state index contributed by atoms with van der Waals surface area (Å²) >= 11 is 0. The molecule has 3 aromatic rings. The Morgan fingerprint density at radius 1 is 1.14 bits per heavy atom. The lowest BCUT2D eigenvalue weighted by molar-refractivity contribution is 0.457. The number of aromatic amines is 1. The first-order valence-corrected chi connectivity index (χ1v) is 6.54. The number of nitrogens with zero attached hydrogens (tertiary/aromatic N) is 2. The Labute approximate surface area is 119 Å². The quantitative estimate of drug-likeness (QED) is 0.594. The van der Waals surface area contributed by atoms with Crippen LogP contribution >= 0.6 is 0 Å². The van der Waals surface area contributed by atoms with Gasteiger partial charge < -0.3 is 15.8 Å². The van der Waals surface area contributed by atoms with Gasteiger partial charge in [-0.3, -0.25) is 0 Å². The van der Waals surface area contributed by atoms with E-state index in [1.807, 2.05) is 36.4 Å². The van der Waals surface area contributed by atoms with Crippen LogP contribution < -0.4 is 16.2 Å². The molecule has 4 rings (SSSR count). The number of nitrogens with two attached hydrogens (primary N) is 1. The predicted octanol–water partition coefficient (Wildman–Crippen LogP) is 2.12. The lowest BCUT2D eigenvalue weighted by Gasteiger charge is -1.95. The molecule has 5 nitrogen and oxygen atoms in total. The highest BCUT2D eigenvalue weighted by atomic mass is 16.3. The molecule has 0 saturated carbocycles. The maximum absolute atomic E-state index is 10.1. The third-order valence-corrected chi connectivity index (χ3v) is 3.57. The fraction of sp³-hybridized carbons (Fsp3) is 0. The zero-order valence-electron chi connectivity index (χ0n) is 11.0. The minimum atomic E-state index is 0.129. The van der Waals surface area contributed by atoms with Crippen LogP contribution in [-0.2, 0) is 0 Å². The Kier molecular flexibility index (Phi) is 2.35. The number of H-pyrrole nitrogens is 1. The Morgan fingerprint density at radius 2 is 2.05 bits per heavy atom. The first kappa shape index (κ1) is 11.7. The number of rotatable bonds is 1. The van der Waals surface area contributed by atoms with Crippen molar-refractivity contribution >= 4 is 34.6 Å². The summed E-state index contributed by atoms with van der Waals surface area (Å²) in [5.74, 6) is 0.129. The van der Waals surface area contributed by atoms with Crippen molar-refractivity contribution in [2.24, 2.45) is 10.2 Å². The number of fused-ring (bicyclic) bond motifs is 2. The number of anilines is 1. The van der Waals surface area contributed by atoms with Crippen LogP contribution in [0.2, 0.25) is 0 Å². The normalized spacial score (nSPS) is 13.6. The summed E-state index contributed by atoms with van der Waals surface area (Å²) in [5.41, 5.74) is 8.81. The van der Waals surface area contributed by atoms with Crippen molar-refractivity contribution in [2.45, 2.75) is 0 Å².